The number of alkyl halides is 1. The Balaban J connectivity index is 2.16. The van der Waals surface area contributed by atoms with Crippen LogP contribution in [0.25, 0.3) is 11.0 Å². The lowest BCUT2D eigenvalue weighted by Gasteiger charge is -2.26. The van der Waals surface area contributed by atoms with Crippen LogP contribution in [0.1, 0.15) is 63.2 Å². The predicted octanol–water partition coefficient (Wildman–Crippen LogP) is 6.24. The Morgan fingerprint density at radius 2 is 2.05 bits per heavy atom. The Labute approximate surface area is 140 Å². The summed E-state index contributed by atoms with van der Waals surface area (Å²) in [6.07, 6.45) is 6.55. The van der Waals surface area contributed by atoms with Crippen molar-refractivity contribution in [1.82, 2.24) is 9.55 Å². The van der Waals surface area contributed by atoms with Crippen molar-refractivity contribution in [3.63, 3.8) is 0 Å². The largest absolute Gasteiger partial charge is 0.323 e. The summed E-state index contributed by atoms with van der Waals surface area (Å²) in [7, 11) is 0. The van der Waals surface area contributed by atoms with E-state index in [-0.39, 0.29) is 5.38 Å². The Morgan fingerprint density at radius 1 is 1.29 bits per heavy atom. The van der Waals surface area contributed by atoms with Gasteiger partial charge >= 0.3 is 0 Å². The van der Waals surface area contributed by atoms with Gasteiger partial charge in [-0.25, -0.2) is 4.98 Å². The molecule has 0 N–H and O–H groups in total. The highest BCUT2D eigenvalue weighted by atomic mass is 79.9. The Bertz CT molecular complexity index is 635. The Hall–Kier alpha value is -0.540. The minimum absolute atomic E-state index is 0.0633. The zero-order valence-electron chi connectivity index (χ0n) is 12.6. The standard InChI is InChI=1S/C17H22BrClN2/c1-11-6-4-3-5-7-15(11)21-16-9-8-13(18)10-14(16)20-17(21)12(2)19/h8-12,15H,3-7H2,1-2H3. The lowest BCUT2D eigenvalue weighted by Crippen LogP contribution is -2.18. The van der Waals surface area contributed by atoms with Gasteiger partial charge in [-0.05, 0) is 43.9 Å². The molecule has 0 amide bonds. The summed E-state index contributed by atoms with van der Waals surface area (Å²) in [5, 5.41) is -0.0633. The second-order valence-electron chi connectivity index (χ2n) is 6.27. The summed E-state index contributed by atoms with van der Waals surface area (Å²) < 4.78 is 3.50. The quantitative estimate of drug-likeness (QED) is 0.452. The van der Waals surface area contributed by atoms with Gasteiger partial charge in [-0.1, -0.05) is 42.1 Å². The van der Waals surface area contributed by atoms with Crippen molar-refractivity contribution in [2.75, 3.05) is 0 Å². The number of halogens is 2. The molecule has 21 heavy (non-hydrogen) atoms. The van der Waals surface area contributed by atoms with Crippen LogP contribution < -0.4 is 0 Å². The van der Waals surface area contributed by atoms with Crippen molar-refractivity contribution in [2.45, 2.75) is 57.4 Å². The lowest BCUT2D eigenvalue weighted by atomic mass is 9.96. The van der Waals surface area contributed by atoms with Crippen LogP contribution in [0.15, 0.2) is 22.7 Å². The van der Waals surface area contributed by atoms with E-state index in [2.05, 4.69) is 45.6 Å². The molecule has 3 atom stereocenters. The van der Waals surface area contributed by atoms with Crippen LogP contribution in [-0.4, -0.2) is 9.55 Å². The second kappa shape index (κ2) is 6.29. The molecule has 0 aliphatic heterocycles. The maximum atomic E-state index is 6.43. The average molecular weight is 370 g/mol. The van der Waals surface area contributed by atoms with E-state index in [1.807, 2.05) is 6.92 Å². The maximum Gasteiger partial charge on any atom is 0.127 e. The Morgan fingerprint density at radius 3 is 2.81 bits per heavy atom. The first-order chi connectivity index (χ1) is 10.1. The third-order valence-corrected chi connectivity index (χ3v) is 5.37. The van der Waals surface area contributed by atoms with Crippen LogP contribution in [0.3, 0.4) is 0 Å². The molecule has 2 aromatic rings. The molecule has 1 saturated carbocycles. The molecule has 114 valence electrons. The molecular weight excluding hydrogens is 348 g/mol. The molecule has 1 aliphatic rings. The first-order valence-corrected chi connectivity index (χ1v) is 9.12. The zero-order valence-corrected chi connectivity index (χ0v) is 15.0. The molecule has 1 fully saturated rings. The number of rotatable bonds is 2. The number of nitrogens with zero attached hydrogens (tertiary/aromatic N) is 2. The van der Waals surface area contributed by atoms with Crippen molar-refractivity contribution in [2.24, 2.45) is 5.92 Å². The highest BCUT2D eigenvalue weighted by molar-refractivity contribution is 9.10. The smallest absolute Gasteiger partial charge is 0.127 e. The average Bonchev–Trinajstić information content (AvgIpc) is 2.68. The number of benzene rings is 1. The number of hydrogen-bond donors (Lipinski definition) is 0. The van der Waals surface area contributed by atoms with Crippen LogP contribution in [-0.2, 0) is 0 Å². The fourth-order valence-corrected chi connectivity index (χ4v) is 4.08. The van der Waals surface area contributed by atoms with Gasteiger partial charge in [-0.15, -0.1) is 11.6 Å². The second-order valence-corrected chi connectivity index (χ2v) is 7.84. The molecule has 0 spiro atoms. The minimum Gasteiger partial charge on any atom is -0.323 e. The number of imidazole rings is 1. The summed E-state index contributed by atoms with van der Waals surface area (Å²) in [6, 6.07) is 6.89. The summed E-state index contributed by atoms with van der Waals surface area (Å²) in [6.45, 7) is 4.40. The van der Waals surface area contributed by atoms with Gasteiger partial charge in [0, 0.05) is 10.5 Å². The van der Waals surface area contributed by atoms with Gasteiger partial charge in [0.05, 0.1) is 16.4 Å². The van der Waals surface area contributed by atoms with Gasteiger partial charge in [0.1, 0.15) is 5.82 Å². The lowest BCUT2D eigenvalue weighted by molar-refractivity contribution is 0.333. The number of aromatic nitrogens is 2. The molecular formula is C17H22BrClN2. The van der Waals surface area contributed by atoms with Crippen molar-refractivity contribution in [3.8, 4) is 0 Å². The molecule has 4 heteroatoms. The van der Waals surface area contributed by atoms with Gasteiger partial charge in [-0.3, -0.25) is 0 Å². The molecule has 0 bridgehead atoms. The van der Waals surface area contributed by atoms with Gasteiger partial charge in [-0.2, -0.15) is 0 Å². The topological polar surface area (TPSA) is 17.8 Å². The third-order valence-electron chi connectivity index (χ3n) is 4.68. The number of hydrogen-bond acceptors (Lipinski definition) is 1. The summed E-state index contributed by atoms with van der Waals surface area (Å²) in [5.41, 5.74) is 2.27. The fraction of sp³-hybridized carbons (Fsp3) is 0.588. The van der Waals surface area contributed by atoms with Crippen LogP contribution in [0, 0.1) is 5.92 Å². The zero-order chi connectivity index (χ0) is 15.0. The number of fused-ring (bicyclic) bond motifs is 1. The normalized spacial score (nSPS) is 25.0. The highest BCUT2D eigenvalue weighted by Crippen LogP contribution is 2.38. The van der Waals surface area contributed by atoms with E-state index >= 15 is 0 Å². The first kappa shape index (κ1) is 15.4. The van der Waals surface area contributed by atoms with Crippen LogP contribution in [0.2, 0.25) is 0 Å². The van der Waals surface area contributed by atoms with Gasteiger partial charge in [0.25, 0.3) is 0 Å². The molecule has 2 nitrogen and oxygen atoms in total. The molecule has 1 aliphatic carbocycles. The monoisotopic (exact) mass is 368 g/mol. The van der Waals surface area contributed by atoms with Crippen LogP contribution in [0.4, 0.5) is 0 Å². The molecule has 1 heterocycles. The van der Waals surface area contributed by atoms with E-state index in [1.54, 1.807) is 0 Å². The van der Waals surface area contributed by atoms with E-state index in [9.17, 15) is 0 Å². The molecule has 1 aromatic carbocycles. The third kappa shape index (κ3) is 3.00. The van der Waals surface area contributed by atoms with Crippen molar-refractivity contribution >= 4 is 38.6 Å². The van der Waals surface area contributed by atoms with Gasteiger partial charge < -0.3 is 4.57 Å². The summed E-state index contributed by atoms with van der Waals surface area (Å²) >= 11 is 9.97. The van der Waals surface area contributed by atoms with Crippen molar-refractivity contribution in [1.29, 1.82) is 0 Å². The predicted molar refractivity (Wildman–Crippen MR) is 93.0 cm³/mol. The molecule has 0 saturated heterocycles. The molecule has 3 unspecified atom stereocenters. The van der Waals surface area contributed by atoms with E-state index in [1.165, 1.54) is 37.6 Å². The van der Waals surface area contributed by atoms with Gasteiger partial charge in [0.2, 0.25) is 0 Å². The van der Waals surface area contributed by atoms with E-state index in [0.717, 1.165) is 15.8 Å². The van der Waals surface area contributed by atoms with Crippen LogP contribution in [0.5, 0.6) is 0 Å². The van der Waals surface area contributed by atoms with Crippen molar-refractivity contribution in [3.05, 3.63) is 28.5 Å². The molecule has 0 radical (unpaired) electrons. The van der Waals surface area contributed by atoms with E-state index < -0.39 is 0 Å². The van der Waals surface area contributed by atoms with Crippen LogP contribution >= 0.6 is 27.5 Å². The fourth-order valence-electron chi connectivity index (χ4n) is 3.58. The summed E-state index contributed by atoms with van der Waals surface area (Å²) in [4.78, 5) is 4.81. The minimum atomic E-state index is -0.0633. The van der Waals surface area contributed by atoms with Gasteiger partial charge in [0.15, 0.2) is 0 Å². The SMILES string of the molecule is CC(Cl)c1nc2cc(Br)ccc2n1C1CCCCCC1C. The molecule has 3 rings (SSSR count). The Kier molecular flexibility index (Phi) is 4.60. The van der Waals surface area contributed by atoms with E-state index in [4.69, 9.17) is 16.6 Å². The first-order valence-electron chi connectivity index (χ1n) is 7.89. The summed E-state index contributed by atoms with van der Waals surface area (Å²) in [5.74, 6) is 1.70. The molecule has 1 aromatic heterocycles. The van der Waals surface area contributed by atoms with E-state index in [0.29, 0.717) is 12.0 Å². The maximum absolute atomic E-state index is 6.43. The highest BCUT2D eigenvalue weighted by Gasteiger charge is 2.27. The van der Waals surface area contributed by atoms with Crippen molar-refractivity contribution < 1.29 is 0 Å².